The predicted octanol–water partition coefficient (Wildman–Crippen LogP) is 4.51. The van der Waals surface area contributed by atoms with Gasteiger partial charge in [-0.15, -0.1) is 0 Å². The van der Waals surface area contributed by atoms with Crippen LogP contribution in [-0.2, 0) is 11.3 Å². The van der Waals surface area contributed by atoms with Crippen LogP contribution < -0.4 is 5.32 Å². The molecule has 6 nitrogen and oxygen atoms in total. The fraction of sp³-hybridized carbons (Fsp3) is 0.333. The van der Waals surface area contributed by atoms with Gasteiger partial charge in [0.05, 0.1) is 17.9 Å². The van der Waals surface area contributed by atoms with E-state index in [-0.39, 0.29) is 30.0 Å². The van der Waals surface area contributed by atoms with Crippen LogP contribution >= 0.6 is 11.7 Å². The highest BCUT2D eigenvalue weighted by Crippen LogP contribution is 2.27. The summed E-state index contributed by atoms with van der Waals surface area (Å²) in [5.74, 6) is -0.970. The molecule has 2 amide bonds. The Bertz CT molecular complexity index is 1020. The summed E-state index contributed by atoms with van der Waals surface area (Å²) in [4.78, 5) is 28.5. The zero-order valence-corrected chi connectivity index (χ0v) is 18.4. The molecule has 1 saturated carbocycles. The number of amides is 2. The third-order valence-electron chi connectivity index (χ3n) is 5.73. The van der Waals surface area contributed by atoms with Crippen LogP contribution in [0.3, 0.4) is 0 Å². The Morgan fingerprint density at radius 3 is 2.44 bits per heavy atom. The highest BCUT2D eigenvalue weighted by atomic mass is 32.1. The highest BCUT2D eigenvalue weighted by Gasteiger charge is 2.34. The lowest BCUT2D eigenvalue weighted by Gasteiger charge is -2.33. The van der Waals surface area contributed by atoms with E-state index < -0.39 is 11.9 Å². The average Bonchev–Trinajstić information content (AvgIpc) is 3.36. The molecular weight excluding hydrogens is 427 g/mol. The van der Waals surface area contributed by atoms with Crippen molar-refractivity contribution in [1.29, 1.82) is 0 Å². The van der Waals surface area contributed by atoms with Crippen LogP contribution in [0.15, 0.2) is 60.8 Å². The molecule has 32 heavy (non-hydrogen) atoms. The minimum absolute atomic E-state index is 0.103. The van der Waals surface area contributed by atoms with E-state index in [0.717, 1.165) is 37.4 Å². The van der Waals surface area contributed by atoms with Crippen LogP contribution in [0.2, 0.25) is 0 Å². The second-order valence-corrected chi connectivity index (χ2v) is 8.57. The summed E-state index contributed by atoms with van der Waals surface area (Å²) in [6, 6.07) is 14.4. The summed E-state index contributed by atoms with van der Waals surface area (Å²) in [5.41, 5.74) is 1.61. The number of benzene rings is 2. The lowest BCUT2D eigenvalue weighted by molar-refractivity contribution is -0.127. The molecule has 1 fully saturated rings. The Morgan fingerprint density at radius 2 is 1.78 bits per heavy atom. The van der Waals surface area contributed by atoms with E-state index >= 15 is 0 Å². The molecule has 2 aromatic carbocycles. The van der Waals surface area contributed by atoms with Gasteiger partial charge in [0.2, 0.25) is 5.91 Å². The van der Waals surface area contributed by atoms with Gasteiger partial charge in [0, 0.05) is 12.6 Å². The van der Waals surface area contributed by atoms with Crippen molar-refractivity contribution >= 4 is 23.5 Å². The molecule has 1 aromatic heterocycles. The predicted molar refractivity (Wildman–Crippen MR) is 120 cm³/mol. The number of carbonyl (C=O) groups excluding carboxylic acids is 2. The molecule has 1 aliphatic carbocycles. The van der Waals surface area contributed by atoms with Gasteiger partial charge >= 0.3 is 0 Å². The molecular formula is C24H25FN4O2S. The van der Waals surface area contributed by atoms with Gasteiger partial charge in [0.15, 0.2) is 5.69 Å². The molecule has 0 unspecified atom stereocenters. The third kappa shape index (κ3) is 5.37. The number of aromatic nitrogens is 2. The van der Waals surface area contributed by atoms with Crippen molar-refractivity contribution < 1.29 is 14.0 Å². The summed E-state index contributed by atoms with van der Waals surface area (Å²) >= 11 is 0.940. The summed E-state index contributed by atoms with van der Waals surface area (Å²) < 4.78 is 21.5. The molecule has 3 aromatic rings. The minimum Gasteiger partial charge on any atom is -0.351 e. The second-order valence-electron chi connectivity index (χ2n) is 8.01. The van der Waals surface area contributed by atoms with Gasteiger partial charge in [-0.05, 0) is 36.1 Å². The quantitative estimate of drug-likeness (QED) is 0.572. The zero-order valence-electron chi connectivity index (χ0n) is 17.6. The van der Waals surface area contributed by atoms with Crippen molar-refractivity contribution in [3.05, 3.63) is 83.4 Å². The topological polar surface area (TPSA) is 75.2 Å². The molecule has 0 spiro atoms. The first-order valence-corrected chi connectivity index (χ1v) is 11.5. The molecule has 1 aliphatic rings. The normalized spacial score (nSPS) is 15.2. The van der Waals surface area contributed by atoms with Crippen molar-refractivity contribution in [2.45, 2.75) is 50.7 Å². The van der Waals surface area contributed by atoms with Gasteiger partial charge in [-0.25, -0.2) is 4.39 Å². The van der Waals surface area contributed by atoms with E-state index in [1.165, 1.54) is 29.7 Å². The molecule has 0 bridgehead atoms. The lowest BCUT2D eigenvalue weighted by atomic mass is 9.94. The summed E-state index contributed by atoms with van der Waals surface area (Å²) in [6.45, 7) is 0.133. The number of nitrogens with one attached hydrogen (secondary N) is 1. The molecule has 166 valence electrons. The van der Waals surface area contributed by atoms with E-state index in [4.69, 9.17) is 0 Å². The summed E-state index contributed by atoms with van der Waals surface area (Å²) in [6.07, 6.45) is 6.64. The number of hydrogen-bond acceptors (Lipinski definition) is 5. The third-order valence-corrected chi connectivity index (χ3v) is 6.21. The highest BCUT2D eigenvalue weighted by molar-refractivity contribution is 6.99. The fourth-order valence-corrected chi connectivity index (χ4v) is 4.52. The van der Waals surface area contributed by atoms with Crippen molar-refractivity contribution in [3.8, 4) is 0 Å². The Morgan fingerprint density at radius 1 is 1.06 bits per heavy atom. The zero-order chi connectivity index (χ0) is 22.3. The van der Waals surface area contributed by atoms with Crippen LogP contribution in [-0.4, -0.2) is 31.5 Å². The second kappa shape index (κ2) is 10.5. The van der Waals surface area contributed by atoms with Crippen LogP contribution in [0, 0.1) is 5.82 Å². The van der Waals surface area contributed by atoms with Gasteiger partial charge in [-0.1, -0.05) is 61.7 Å². The monoisotopic (exact) mass is 452 g/mol. The van der Waals surface area contributed by atoms with Crippen molar-refractivity contribution in [2.75, 3.05) is 0 Å². The van der Waals surface area contributed by atoms with Crippen LogP contribution in [0.5, 0.6) is 0 Å². The molecule has 1 atom stereocenters. The number of halogens is 1. The summed E-state index contributed by atoms with van der Waals surface area (Å²) in [7, 11) is 0. The Hall–Kier alpha value is -3.13. The van der Waals surface area contributed by atoms with E-state index in [2.05, 4.69) is 14.1 Å². The first-order valence-electron chi connectivity index (χ1n) is 10.8. The van der Waals surface area contributed by atoms with E-state index in [0.29, 0.717) is 11.1 Å². The fourth-order valence-electron chi connectivity index (χ4n) is 4.11. The standard InChI is InChI=1S/C24H25FN4O2S/c25-19-13-11-17(12-14-19)16-29(24(31)21-15-26-32-28-21)22(18-7-3-1-4-8-18)23(30)27-20-9-5-2-6-10-20/h1,3-4,7-8,11-15,20,22H,2,5-6,9-10,16H2,(H,27,30)/t22-/m1/s1. The van der Waals surface area contributed by atoms with Gasteiger partial charge in [0.1, 0.15) is 11.9 Å². The van der Waals surface area contributed by atoms with Gasteiger partial charge in [-0.2, -0.15) is 8.75 Å². The smallest absolute Gasteiger partial charge is 0.276 e. The van der Waals surface area contributed by atoms with Gasteiger partial charge < -0.3 is 10.2 Å². The Labute approximate surface area is 190 Å². The maximum Gasteiger partial charge on any atom is 0.276 e. The number of carbonyl (C=O) groups is 2. The van der Waals surface area contributed by atoms with Crippen molar-refractivity contribution in [1.82, 2.24) is 19.0 Å². The van der Waals surface area contributed by atoms with E-state index in [9.17, 15) is 14.0 Å². The largest absolute Gasteiger partial charge is 0.351 e. The average molecular weight is 453 g/mol. The minimum atomic E-state index is -0.850. The lowest BCUT2D eigenvalue weighted by Crippen LogP contribution is -2.47. The summed E-state index contributed by atoms with van der Waals surface area (Å²) in [5, 5.41) is 3.17. The SMILES string of the molecule is O=C(NC1CCCCC1)[C@@H](c1ccccc1)N(Cc1ccc(F)cc1)C(=O)c1cnsn1. The maximum atomic E-state index is 13.6. The number of hydrogen-bond donors (Lipinski definition) is 1. The molecule has 0 radical (unpaired) electrons. The van der Waals surface area contributed by atoms with Crippen LogP contribution in [0.25, 0.3) is 0 Å². The first kappa shape index (κ1) is 22.1. The van der Waals surface area contributed by atoms with Crippen molar-refractivity contribution in [3.63, 3.8) is 0 Å². The molecule has 0 saturated heterocycles. The number of rotatable bonds is 7. The first-order chi connectivity index (χ1) is 15.6. The molecule has 4 rings (SSSR count). The van der Waals surface area contributed by atoms with E-state index in [1.54, 1.807) is 12.1 Å². The van der Waals surface area contributed by atoms with Gasteiger partial charge in [0.25, 0.3) is 5.91 Å². The molecule has 8 heteroatoms. The van der Waals surface area contributed by atoms with E-state index in [1.807, 2.05) is 30.3 Å². The molecule has 0 aliphatic heterocycles. The maximum absolute atomic E-state index is 13.6. The number of nitrogens with zero attached hydrogens (tertiary/aromatic N) is 3. The Kier molecular flexibility index (Phi) is 7.21. The van der Waals surface area contributed by atoms with Gasteiger partial charge in [-0.3, -0.25) is 9.59 Å². The Balaban J connectivity index is 1.70. The van der Waals surface area contributed by atoms with Crippen LogP contribution in [0.1, 0.15) is 59.8 Å². The molecule has 1 heterocycles. The van der Waals surface area contributed by atoms with Crippen molar-refractivity contribution in [2.24, 2.45) is 0 Å². The van der Waals surface area contributed by atoms with Crippen LogP contribution in [0.4, 0.5) is 4.39 Å². The molecule has 1 N–H and O–H groups in total.